The van der Waals surface area contributed by atoms with E-state index in [0.717, 1.165) is 22.7 Å². The predicted molar refractivity (Wildman–Crippen MR) is 78.2 cm³/mol. The van der Waals surface area contributed by atoms with E-state index in [2.05, 4.69) is 30.4 Å². The minimum Gasteiger partial charge on any atom is -0.371 e. The van der Waals surface area contributed by atoms with Gasteiger partial charge in [0.2, 0.25) is 5.91 Å². The van der Waals surface area contributed by atoms with Gasteiger partial charge in [0.25, 0.3) is 0 Å². The topological polar surface area (TPSA) is 58.4 Å². The molecule has 0 aliphatic carbocycles. The van der Waals surface area contributed by atoms with E-state index in [4.69, 9.17) is 5.73 Å². The third kappa shape index (κ3) is 2.33. The minimum absolute atomic E-state index is 0.123. The summed E-state index contributed by atoms with van der Waals surface area (Å²) in [5.41, 5.74) is 8.62. The van der Waals surface area contributed by atoms with Crippen LogP contribution in [-0.2, 0) is 4.79 Å². The predicted octanol–water partition coefficient (Wildman–Crippen LogP) is 1.83. The van der Waals surface area contributed by atoms with Gasteiger partial charge >= 0.3 is 0 Å². The van der Waals surface area contributed by atoms with E-state index in [1.54, 1.807) is 0 Å². The average Bonchev–Trinajstić information content (AvgIpc) is 2.64. The highest BCUT2D eigenvalue weighted by molar-refractivity contribution is 7.98. The molecule has 0 saturated heterocycles. The van der Waals surface area contributed by atoms with Crippen molar-refractivity contribution in [2.24, 2.45) is 5.73 Å². The maximum absolute atomic E-state index is 11.5. The summed E-state index contributed by atoms with van der Waals surface area (Å²) in [7, 11) is 2.07. The molecule has 0 bridgehead atoms. The molecule has 1 aliphatic heterocycles. The molecule has 5 heteroatoms. The molecule has 18 heavy (non-hydrogen) atoms. The number of fused-ring (bicyclic) bond motifs is 1. The summed E-state index contributed by atoms with van der Waals surface area (Å²) in [6, 6.07) is 5.88. The summed E-state index contributed by atoms with van der Waals surface area (Å²) in [6.07, 6.45) is 2.10. The number of rotatable bonds is 4. The second-order valence-electron chi connectivity index (χ2n) is 4.65. The molecule has 0 spiro atoms. The van der Waals surface area contributed by atoms with Crippen LogP contribution in [0, 0.1) is 0 Å². The zero-order valence-corrected chi connectivity index (χ0v) is 11.8. The lowest BCUT2D eigenvalue weighted by Gasteiger charge is -2.27. The van der Waals surface area contributed by atoms with Gasteiger partial charge in [-0.15, -0.1) is 0 Å². The second kappa shape index (κ2) is 5.20. The SMILES string of the molecule is CSCC(C)N(C)c1ccc2c(c1)NC(=O)C2N. The lowest BCUT2D eigenvalue weighted by molar-refractivity contribution is -0.116. The molecule has 0 radical (unpaired) electrons. The van der Waals surface area contributed by atoms with Gasteiger partial charge in [0.1, 0.15) is 6.04 Å². The van der Waals surface area contributed by atoms with Gasteiger partial charge in [-0.3, -0.25) is 4.79 Å². The van der Waals surface area contributed by atoms with Crippen LogP contribution in [0.3, 0.4) is 0 Å². The average molecular weight is 265 g/mol. The van der Waals surface area contributed by atoms with E-state index < -0.39 is 6.04 Å². The molecule has 1 aromatic rings. The third-order valence-corrected chi connectivity index (χ3v) is 4.20. The van der Waals surface area contributed by atoms with Crippen LogP contribution in [0.5, 0.6) is 0 Å². The first kappa shape index (κ1) is 13.2. The van der Waals surface area contributed by atoms with E-state index in [0.29, 0.717) is 6.04 Å². The lowest BCUT2D eigenvalue weighted by atomic mass is 10.1. The molecule has 0 saturated carbocycles. The number of nitrogens with zero attached hydrogens (tertiary/aromatic N) is 1. The number of thioether (sulfide) groups is 1. The Morgan fingerprint density at radius 3 is 2.94 bits per heavy atom. The van der Waals surface area contributed by atoms with Crippen molar-refractivity contribution >= 4 is 29.0 Å². The molecule has 1 aliphatic rings. The number of carbonyl (C=O) groups is 1. The number of nitrogens with one attached hydrogen (secondary N) is 1. The first-order valence-electron chi connectivity index (χ1n) is 5.96. The van der Waals surface area contributed by atoms with Crippen molar-refractivity contribution in [2.75, 3.05) is 29.3 Å². The molecule has 3 N–H and O–H groups in total. The first-order chi connectivity index (χ1) is 8.54. The Bertz CT molecular complexity index is 464. The van der Waals surface area contributed by atoms with Gasteiger partial charge < -0.3 is 16.0 Å². The quantitative estimate of drug-likeness (QED) is 0.872. The van der Waals surface area contributed by atoms with Gasteiger partial charge in [0.05, 0.1) is 0 Å². The van der Waals surface area contributed by atoms with E-state index in [9.17, 15) is 4.79 Å². The lowest BCUT2D eigenvalue weighted by Crippen LogP contribution is -2.30. The first-order valence-corrected chi connectivity index (χ1v) is 7.36. The zero-order chi connectivity index (χ0) is 13.3. The normalized spacial score (nSPS) is 19.3. The van der Waals surface area contributed by atoms with Gasteiger partial charge in [-0.2, -0.15) is 11.8 Å². The Balaban J connectivity index is 2.23. The Kier molecular flexibility index (Phi) is 3.82. The molecule has 1 heterocycles. The van der Waals surface area contributed by atoms with Gasteiger partial charge in [-0.05, 0) is 25.3 Å². The highest BCUT2D eigenvalue weighted by Gasteiger charge is 2.27. The van der Waals surface area contributed by atoms with Crippen molar-refractivity contribution in [3.05, 3.63) is 23.8 Å². The van der Waals surface area contributed by atoms with Crippen LogP contribution in [-0.4, -0.2) is 31.0 Å². The van der Waals surface area contributed by atoms with E-state index in [-0.39, 0.29) is 5.91 Å². The Hall–Kier alpha value is -1.20. The monoisotopic (exact) mass is 265 g/mol. The maximum Gasteiger partial charge on any atom is 0.245 e. The van der Waals surface area contributed by atoms with Crippen molar-refractivity contribution in [1.82, 2.24) is 0 Å². The fourth-order valence-corrected chi connectivity index (χ4v) is 2.81. The number of hydrogen-bond acceptors (Lipinski definition) is 4. The smallest absolute Gasteiger partial charge is 0.245 e. The van der Waals surface area contributed by atoms with E-state index in [1.165, 1.54) is 0 Å². The van der Waals surface area contributed by atoms with Gasteiger partial charge in [-0.25, -0.2) is 0 Å². The molecule has 2 rings (SSSR count). The number of carbonyl (C=O) groups excluding carboxylic acids is 1. The fraction of sp³-hybridized carbons (Fsp3) is 0.462. The van der Waals surface area contributed by atoms with Crippen molar-refractivity contribution in [2.45, 2.75) is 19.0 Å². The molecule has 0 aromatic heterocycles. The van der Waals surface area contributed by atoms with Crippen LogP contribution in [0.4, 0.5) is 11.4 Å². The molecule has 1 amide bonds. The number of anilines is 2. The second-order valence-corrected chi connectivity index (χ2v) is 5.56. The van der Waals surface area contributed by atoms with Crippen LogP contribution in [0.2, 0.25) is 0 Å². The zero-order valence-electron chi connectivity index (χ0n) is 10.9. The van der Waals surface area contributed by atoms with Crippen molar-refractivity contribution in [3.8, 4) is 0 Å². The molecule has 2 atom stereocenters. The molecule has 0 fully saturated rings. The van der Waals surface area contributed by atoms with Crippen LogP contribution >= 0.6 is 11.8 Å². The summed E-state index contributed by atoms with van der Waals surface area (Å²) >= 11 is 1.83. The Morgan fingerprint density at radius 2 is 2.28 bits per heavy atom. The molecule has 4 nitrogen and oxygen atoms in total. The van der Waals surface area contributed by atoms with Crippen molar-refractivity contribution < 1.29 is 4.79 Å². The largest absolute Gasteiger partial charge is 0.371 e. The standard InChI is InChI=1S/C13H19N3OS/c1-8(7-18-3)16(2)9-4-5-10-11(6-9)15-13(17)12(10)14/h4-6,8,12H,7,14H2,1-3H3,(H,15,17). The van der Waals surface area contributed by atoms with Crippen LogP contribution in [0.25, 0.3) is 0 Å². The molecule has 2 unspecified atom stereocenters. The Morgan fingerprint density at radius 1 is 1.56 bits per heavy atom. The van der Waals surface area contributed by atoms with Crippen molar-refractivity contribution in [1.29, 1.82) is 0 Å². The van der Waals surface area contributed by atoms with Gasteiger partial charge in [-0.1, -0.05) is 6.07 Å². The molecular formula is C13H19N3OS. The molecule has 98 valence electrons. The Labute approximate surface area is 112 Å². The van der Waals surface area contributed by atoms with Crippen molar-refractivity contribution in [3.63, 3.8) is 0 Å². The maximum atomic E-state index is 11.5. The summed E-state index contributed by atoms with van der Waals surface area (Å²) in [4.78, 5) is 13.7. The highest BCUT2D eigenvalue weighted by atomic mass is 32.2. The summed E-state index contributed by atoms with van der Waals surface area (Å²) in [5.74, 6) is 0.946. The van der Waals surface area contributed by atoms with Crippen LogP contribution in [0.1, 0.15) is 18.5 Å². The number of nitrogens with two attached hydrogens (primary N) is 1. The number of hydrogen-bond donors (Lipinski definition) is 2. The number of benzene rings is 1. The van der Waals surface area contributed by atoms with E-state index >= 15 is 0 Å². The van der Waals surface area contributed by atoms with E-state index in [1.807, 2.05) is 30.0 Å². The molecule has 1 aromatic carbocycles. The third-order valence-electron chi connectivity index (χ3n) is 3.39. The summed E-state index contributed by atoms with van der Waals surface area (Å²) in [6.45, 7) is 2.19. The van der Waals surface area contributed by atoms with Gasteiger partial charge in [0.15, 0.2) is 0 Å². The highest BCUT2D eigenvalue weighted by Crippen LogP contribution is 2.33. The number of amides is 1. The minimum atomic E-state index is -0.525. The summed E-state index contributed by atoms with van der Waals surface area (Å²) in [5, 5.41) is 2.82. The van der Waals surface area contributed by atoms with Gasteiger partial charge in [0, 0.05) is 35.8 Å². The van der Waals surface area contributed by atoms with Crippen LogP contribution < -0.4 is 16.0 Å². The molecular weight excluding hydrogens is 246 g/mol. The fourth-order valence-electron chi connectivity index (χ4n) is 2.10. The summed E-state index contributed by atoms with van der Waals surface area (Å²) < 4.78 is 0. The van der Waals surface area contributed by atoms with Crippen LogP contribution in [0.15, 0.2) is 18.2 Å².